The SMILES string of the molecule is CC(C)(C)[Si](C)(C)Oc1ccc(C(CBr)NC(=O)OCc2ccccc2)cc1. The molecule has 0 aliphatic carbocycles. The molecule has 0 aromatic heterocycles. The summed E-state index contributed by atoms with van der Waals surface area (Å²) in [5, 5.41) is 3.65. The zero-order valence-electron chi connectivity index (χ0n) is 17.3. The van der Waals surface area contributed by atoms with Crippen LogP contribution >= 0.6 is 15.9 Å². The van der Waals surface area contributed by atoms with E-state index in [0.29, 0.717) is 5.33 Å². The highest BCUT2D eigenvalue weighted by Crippen LogP contribution is 2.37. The first-order valence-corrected chi connectivity index (χ1v) is 13.5. The molecule has 4 nitrogen and oxygen atoms in total. The third kappa shape index (κ3) is 6.38. The van der Waals surface area contributed by atoms with Gasteiger partial charge in [-0.2, -0.15) is 0 Å². The number of rotatable bonds is 7. The summed E-state index contributed by atoms with van der Waals surface area (Å²) in [4.78, 5) is 12.2. The van der Waals surface area contributed by atoms with Crippen LogP contribution in [0.2, 0.25) is 18.1 Å². The van der Waals surface area contributed by atoms with Crippen LogP contribution in [0.1, 0.15) is 37.9 Å². The topological polar surface area (TPSA) is 47.6 Å². The van der Waals surface area contributed by atoms with Gasteiger partial charge in [0.05, 0.1) is 6.04 Å². The fraction of sp³-hybridized carbons (Fsp3) is 0.409. The fourth-order valence-corrected chi connectivity index (χ4v) is 3.90. The Balaban J connectivity index is 1.95. The van der Waals surface area contributed by atoms with Crippen molar-refractivity contribution in [2.45, 2.75) is 51.6 Å². The van der Waals surface area contributed by atoms with Crippen molar-refractivity contribution in [3.8, 4) is 5.75 Å². The van der Waals surface area contributed by atoms with E-state index >= 15 is 0 Å². The van der Waals surface area contributed by atoms with E-state index in [9.17, 15) is 4.79 Å². The third-order valence-corrected chi connectivity index (χ3v) is 10.1. The Labute approximate surface area is 177 Å². The molecule has 0 bridgehead atoms. The van der Waals surface area contributed by atoms with Crippen molar-refractivity contribution in [2.24, 2.45) is 0 Å². The van der Waals surface area contributed by atoms with Crippen LogP contribution in [0, 0.1) is 0 Å². The van der Waals surface area contributed by atoms with E-state index in [1.54, 1.807) is 0 Å². The minimum Gasteiger partial charge on any atom is -0.544 e. The van der Waals surface area contributed by atoms with E-state index in [-0.39, 0.29) is 17.7 Å². The number of ether oxygens (including phenoxy) is 1. The van der Waals surface area contributed by atoms with Gasteiger partial charge in [0.25, 0.3) is 0 Å². The molecule has 0 aliphatic rings. The first-order valence-electron chi connectivity index (χ1n) is 9.44. The van der Waals surface area contributed by atoms with Gasteiger partial charge in [-0.15, -0.1) is 0 Å². The molecule has 152 valence electrons. The lowest BCUT2D eigenvalue weighted by Gasteiger charge is -2.36. The Morgan fingerprint density at radius 2 is 1.68 bits per heavy atom. The Kier molecular flexibility index (Phi) is 7.72. The maximum Gasteiger partial charge on any atom is 0.407 e. The minimum absolute atomic E-state index is 0.147. The lowest BCUT2D eigenvalue weighted by atomic mass is 10.1. The highest BCUT2D eigenvalue weighted by Gasteiger charge is 2.38. The number of benzene rings is 2. The second-order valence-corrected chi connectivity index (χ2v) is 13.7. The molecule has 2 rings (SSSR count). The van der Waals surface area contributed by atoms with Gasteiger partial charge in [-0.05, 0) is 41.4 Å². The summed E-state index contributed by atoms with van der Waals surface area (Å²) in [6.07, 6.45) is -0.435. The van der Waals surface area contributed by atoms with Crippen molar-refractivity contribution < 1.29 is 14.0 Å². The molecule has 0 heterocycles. The van der Waals surface area contributed by atoms with Crippen LogP contribution in [0.25, 0.3) is 0 Å². The molecule has 1 atom stereocenters. The van der Waals surface area contributed by atoms with E-state index in [1.807, 2.05) is 54.6 Å². The summed E-state index contributed by atoms with van der Waals surface area (Å²) in [5.41, 5.74) is 1.95. The van der Waals surface area contributed by atoms with Gasteiger partial charge in [-0.3, -0.25) is 0 Å². The van der Waals surface area contributed by atoms with Crippen LogP contribution in [0.5, 0.6) is 5.75 Å². The number of alkyl halides is 1. The maximum atomic E-state index is 12.2. The van der Waals surface area contributed by atoms with E-state index in [1.165, 1.54) is 0 Å². The van der Waals surface area contributed by atoms with E-state index in [2.05, 4.69) is 55.1 Å². The van der Waals surface area contributed by atoms with Gasteiger partial charge >= 0.3 is 6.09 Å². The standard InChI is InChI=1S/C22H30BrNO3Si/c1-22(2,3)28(4,5)27-19-13-11-18(12-14-19)20(15-23)24-21(25)26-16-17-9-7-6-8-10-17/h6-14,20H,15-16H2,1-5H3,(H,24,25). The van der Waals surface area contributed by atoms with Crippen LogP contribution in [0.3, 0.4) is 0 Å². The van der Waals surface area contributed by atoms with Crippen molar-refractivity contribution >= 4 is 30.3 Å². The molecule has 2 aromatic carbocycles. The second-order valence-electron chi connectivity index (χ2n) is 8.34. The molecule has 0 spiro atoms. The average molecular weight is 464 g/mol. The van der Waals surface area contributed by atoms with Crippen LogP contribution in [0.4, 0.5) is 4.79 Å². The van der Waals surface area contributed by atoms with Crippen molar-refractivity contribution in [1.82, 2.24) is 5.32 Å². The van der Waals surface area contributed by atoms with Crippen molar-refractivity contribution in [1.29, 1.82) is 0 Å². The summed E-state index contributed by atoms with van der Waals surface area (Å²) in [6.45, 7) is 11.4. The molecule has 1 N–H and O–H groups in total. The number of alkyl carbamates (subject to hydrolysis) is 1. The number of hydrogen-bond donors (Lipinski definition) is 1. The third-order valence-electron chi connectivity index (χ3n) is 5.12. The normalized spacial score (nSPS) is 12.9. The molecule has 0 saturated carbocycles. The molecular formula is C22H30BrNO3Si. The number of carbonyl (C=O) groups is 1. The molecule has 2 aromatic rings. The van der Waals surface area contributed by atoms with Gasteiger partial charge in [0.2, 0.25) is 8.32 Å². The highest BCUT2D eigenvalue weighted by atomic mass is 79.9. The molecule has 1 unspecified atom stereocenters. The Bertz CT molecular complexity index is 758. The maximum absolute atomic E-state index is 12.2. The molecule has 0 aliphatic heterocycles. The summed E-state index contributed by atoms with van der Waals surface area (Å²) < 4.78 is 11.6. The number of nitrogens with one attached hydrogen (secondary N) is 1. The Morgan fingerprint density at radius 1 is 1.07 bits per heavy atom. The lowest BCUT2D eigenvalue weighted by Crippen LogP contribution is -2.43. The zero-order valence-corrected chi connectivity index (χ0v) is 19.9. The summed E-state index contributed by atoms with van der Waals surface area (Å²) in [6, 6.07) is 17.4. The van der Waals surface area contributed by atoms with Crippen LogP contribution < -0.4 is 9.74 Å². The van der Waals surface area contributed by atoms with Crippen molar-refractivity contribution in [3.05, 3.63) is 65.7 Å². The summed E-state index contributed by atoms with van der Waals surface area (Å²) in [5.74, 6) is 0.871. The summed E-state index contributed by atoms with van der Waals surface area (Å²) in [7, 11) is -1.87. The lowest BCUT2D eigenvalue weighted by molar-refractivity contribution is 0.136. The fourth-order valence-electron chi connectivity index (χ4n) is 2.33. The van der Waals surface area contributed by atoms with Gasteiger partial charge in [0.15, 0.2) is 0 Å². The predicted octanol–water partition coefficient (Wildman–Crippen LogP) is 6.43. The molecule has 6 heteroatoms. The van der Waals surface area contributed by atoms with Gasteiger partial charge in [-0.25, -0.2) is 4.79 Å². The largest absolute Gasteiger partial charge is 0.544 e. The summed E-state index contributed by atoms with van der Waals surface area (Å²) >= 11 is 3.48. The minimum atomic E-state index is -1.87. The molecule has 1 amide bonds. The smallest absolute Gasteiger partial charge is 0.407 e. The molecular weight excluding hydrogens is 434 g/mol. The number of amides is 1. The highest BCUT2D eigenvalue weighted by molar-refractivity contribution is 9.09. The number of carbonyl (C=O) groups excluding carboxylic acids is 1. The molecule has 0 saturated heterocycles. The Hall–Kier alpha value is -1.79. The quantitative estimate of drug-likeness (QED) is 0.379. The molecule has 0 fully saturated rings. The monoisotopic (exact) mass is 463 g/mol. The number of hydrogen-bond acceptors (Lipinski definition) is 3. The van der Waals surface area contributed by atoms with Gasteiger partial charge < -0.3 is 14.5 Å². The van der Waals surface area contributed by atoms with E-state index in [0.717, 1.165) is 16.9 Å². The van der Waals surface area contributed by atoms with Gasteiger partial charge in [0, 0.05) is 5.33 Å². The number of halogens is 1. The molecule has 0 radical (unpaired) electrons. The van der Waals surface area contributed by atoms with Crippen LogP contribution in [-0.4, -0.2) is 19.7 Å². The van der Waals surface area contributed by atoms with Gasteiger partial charge in [0.1, 0.15) is 12.4 Å². The van der Waals surface area contributed by atoms with E-state index in [4.69, 9.17) is 9.16 Å². The molecule has 28 heavy (non-hydrogen) atoms. The average Bonchev–Trinajstić information content (AvgIpc) is 2.65. The van der Waals surface area contributed by atoms with E-state index < -0.39 is 14.4 Å². The first kappa shape index (κ1) is 22.5. The Morgan fingerprint density at radius 3 is 2.21 bits per heavy atom. The first-order chi connectivity index (χ1) is 13.1. The van der Waals surface area contributed by atoms with Crippen molar-refractivity contribution in [2.75, 3.05) is 5.33 Å². The van der Waals surface area contributed by atoms with Gasteiger partial charge in [-0.1, -0.05) is 79.2 Å². The van der Waals surface area contributed by atoms with Crippen LogP contribution in [0.15, 0.2) is 54.6 Å². The second kappa shape index (κ2) is 9.61. The predicted molar refractivity (Wildman–Crippen MR) is 121 cm³/mol. The van der Waals surface area contributed by atoms with Crippen molar-refractivity contribution in [3.63, 3.8) is 0 Å². The zero-order chi connectivity index (χ0) is 20.8. The van der Waals surface area contributed by atoms with Crippen LogP contribution in [-0.2, 0) is 11.3 Å².